The third-order valence-electron chi connectivity index (χ3n) is 6.67. The van der Waals surface area contributed by atoms with E-state index in [1.807, 2.05) is 50.2 Å². The molecule has 2 aromatic heterocycles. The van der Waals surface area contributed by atoms with Gasteiger partial charge in [-0.1, -0.05) is 60.7 Å². The average molecular weight is 543 g/mol. The lowest BCUT2D eigenvalue weighted by Crippen LogP contribution is -2.40. The van der Waals surface area contributed by atoms with Gasteiger partial charge in [0.25, 0.3) is 5.56 Å². The molecule has 0 saturated heterocycles. The lowest BCUT2D eigenvalue weighted by Gasteiger charge is -2.25. The molecule has 9 heteroatoms. The van der Waals surface area contributed by atoms with Gasteiger partial charge in [-0.2, -0.15) is 0 Å². The molecule has 0 spiro atoms. The van der Waals surface area contributed by atoms with Gasteiger partial charge < -0.3 is 13.9 Å². The van der Waals surface area contributed by atoms with E-state index < -0.39 is 18.0 Å². The van der Waals surface area contributed by atoms with Crippen molar-refractivity contribution in [1.29, 1.82) is 0 Å². The van der Waals surface area contributed by atoms with Crippen LogP contribution in [0.5, 0.6) is 0 Å². The van der Waals surface area contributed by atoms with Gasteiger partial charge in [0, 0.05) is 11.6 Å². The molecule has 3 heterocycles. The molecule has 5 rings (SSSR count). The van der Waals surface area contributed by atoms with Crippen LogP contribution in [0.1, 0.15) is 46.6 Å². The number of hydrogen-bond donors (Lipinski definition) is 0. The first-order valence-corrected chi connectivity index (χ1v) is 13.2. The van der Waals surface area contributed by atoms with Crippen LogP contribution in [0, 0.1) is 6.92 Å². The third kappa shape index (κ3) is 4.66. The quantitative estimate of drug-likeness (QED) is 0.340. The van der Waals surface area contributed by atoms with Crippen LogP contribution >= 0.6 is 11.3 Å². The summed E-state index contributed by atoms with van der Waals surface area (Å²) < 4.78 is 18.0. The summed E-state index contributed by atoms with van der Waals surface area (Å²) in [6.07, 6.45) is 2.17. The molecule has 8 nitrogen and oxygen atoms in total. The number of hydrogen-bond acceptors (Lipinski definition) is 8. The molecule has 1 atom stereocenters. The smallest absolute Gasteiger partial charge is 0.338 e. The van der Waals surface area contributed by atoms with E-state index in [1.54, 1.807) is 34.9 Å². The van der Waals surface area contributed by atoms with Crippen molar-refractivity contribution in [1.82, 2.24) is 4.57 Å². The molecular formula is C30H26N2O6S. The van der Waals surface area contributed by atoms with E-state index >= 15 is 0 Å². The van der Waals surface area contributed by atoms with E-state index in [1.165, 1.54) is 25.6 Å². The van der Waals surface area contributed by atoms with Crippen LogP contribution in [0.2, 0.25) is 0 Å². The average Bonchev–Trinajstić information content (AvgIpc) is 3.55. The Labute approximate surface area is 228 Å². The van der Waals surface area contributed by atoms with Gasteiger partial charge >= 0.3 is 11.9 Å². The minimum atomic E-state index is -0.664. The molecule has 0 fully saturated rings. The monoisotopic (exact) mass is 542 g/mol. The zero-order valence-electron chi connectivity index (χ0n) is 21.9. The van der Waals surface area contributed by atoms with Crippen molar-refractivity contribution in [3.8, 4) is 11.3 Å². The van der Waals surface area contributed by atoms with Gasteiger partial charge in [0.05, 0.1) is 41.6 Å². The van der Waals surface area contributed by atoms with Crippen LogP contribution in [0.3, 0.4) is 0 Å². The minimum absolute atomic E-state index is 0.286. The standard InChI is InChI=1S/C30H26N2O6S/c1-5-22-25(29(35)37-4)26(18-10-7-6-8-11-18)32-27(33)24(39-30(32)31-22)16-19-14-15-23(38-19)20-12-9-13-21(17(20)2)28(34)36-3/h6-16,26H,5H2,1-4H3/b24-16-/t26-/m1/s1. The number of carbonyl (C=O) groups excluding carboxylic acids is 2. The number of ether oxygens (including phenoxy) is 2. The van der Waals surface area contributed by atoms with Gasteiger partial charge in [0.2, 0.25) is 0 Å². The highest BCUT2D eigenvalue weighted by atomic mass is 32.1. The second-order valence-electron chi connectivity index (χ2n) is 8.87. The number of rotatable bonds is 6. The number of fused-ring (bicyclic) bond motifs is 1. The van der Waals surface area contributed by atoms with Crippen LogP contribution < -0.4 is 14.9 Å². The normalized spacial score (nSPS) is 15.1. The Morgan fingerprint density at radius 2 is 1.77 bits per heavy atom. The van der Waals surface area contributed by atoms with Crippen LogP contribution in [0.15, 0.2) is 86.1 Å². The van der Waals surface area contributed by atoms with E-state index in [9.17, 15) is 14.4 Å². The molecule has 1 aliphatic heterocycles. The number of nitrogens with zero attached hydrogens (tertiary/aromatic N) is 2. The molecule has 0 unspecified atom stereocenters. The Morgan fingerprint density at radius 3 is 2.46 bits per heavy atom. The molecule has 0 N–H and O–H groups in total. The van der Waals surface area contributed by atoms with Crippen LogP contribution in [-0.4, -0.2) is 30.7 Å². The van der Waals surface area contributed by atoms with Gasteiger partial charge in [0.1, 0.15) is 11.5 Å². The molecule has 0 radical (unpaired) electrons. The molecule has 0 amide bonds. The van der Waals surface area contributed by atoms with Crippen molar-refractivity contribution in [3.63, 3.8) is 0 Å². The second kappa shape index (κ2) is 10.7. The van der Waals surface area contributed by atoms with Crippen LogP contribution in [0.4, 0.5) is 0 Å². The summed E-state index contributed by atoms with van der Waals surface area (Å²) in [5.41, 5.74) is 3.37. The first-order valence-electron chi connectivity index (χ1n) is 12.3. The third-order valence-corrected chi connectivity index (χ3v) is 7.65. The highest BCUT2D eigenvalue weighted by Gasteiger charge is 2.33. The molecule has 39 heavy (non-hydrogen) atoms. The van der Waals surface area contributed by atoms with E-state index in [0.717, 1.165) is 16.7 Å². The van der Waals surface area contributed by atoms with Gasteiger partial charge in [-0.15, -0.1) is 0 Å². The molecule has 4 aromatic rings. The van der Waals surface area contributed by atoms with Crippen molar-refractivity contribution >= 4 is 29.4 Å². The SMILES string of the molecule is CCC1=C(C(=O)OC)[C@@H](c2ccccc2)n2c(s/c(=C\c3ccc(-c4cccc(C(=O)OC)c4C)o3)c2=O)=N1. The molecule has 198 valence electrons. The summed E-state index contributed by atoms with van der Waals surface area (Å²) >= 11 is 1.23. The molecule has 0 bridgehead atoms. The summed E-state index contributed by atoms with van der Waals surface area (Å²) in [5.74, 6) is 0.0879. The molecular weight excluding hydrogens is 516 g/mol. The van der Waals surface area contributed by atoms with Gasteiger partial charge in [-0.25, -0.2) is 14.6 Å². The zero-order valence-corrected chi connectivity index (χ0v) is 22.7. The van der Waals surface area contributed by atoms with Gasteiger partial charge in [-0.05, 0) is 42.7 Å². The van der Waals surface area contributed by atoms with Crippen molar-refractivity contribution in [2.24, 2.45) is 4.99 Å². The number of furan rings is 1. The maximum Gasteiger partial charge on any atom is 0.338 e. The van der Waals surface area contributed by atoms with E-state index in [2.05, 4.69) is 4.99 Å². The van der Waals surface area contributed by atoms with Crippen LogP contribution in [0.25, 0.3) is 17.4 Å². The Hall–Kier alpha value is -4.50. The Balaban J connectivity index is 1.63. The molecule has 0 saturated carbocycles. The first-order chi connectivity index (χ1) is 18.9. The van der Waals surface area contributed by atoms with Gasteiger partial charge in [0.15, 0.2) is 4.80 Å². The zero-order chi connectivity index (χ0) is 27.7. The topological polar surface area (TPSA) is 100 Å². The number of benzene rings is 2. The highest BCUT2D eigenvalue weighted by Crippen LogP contribution is 2.32. The maximum atomic E-state index is 13.8. The van der Waals surface area contributed by atoms with Crippen molar-refractivity contribution in [2.45, 2.75) is 26.3 Å². The van der Waals surface area contributed by atoms with E-state index in [-0.39, 0.29) is 5.56 Å². The highest BCUT2D eigenvalue weighted by molar-refractivity contribution is 7.07. The first kappa shape index (κ1) is 26.1. The molecule has 0 aliphatic carbocycles. The minimum Gasteiger partial charge on any atom is -0.466 e. The Kier molecular flexibility index (Phi) is 7.17. The lowest BCUT2D eigenvalue weighted by atomic mass is 9.95. The fourth-order valence-electron chi connectivity index (χ4n) is 4.75. The van der Waals surface area contributed by atoms with Crippen LogP contribution in [-0.2, 0) is 14.3 Å². The number of esters is 2. The second-order valence-corrected chi connectivity index (χ2v) is 9.88. The number of methoxy groups -OCH3 is 2. The predicted molar refractivity (Wildman–Crippen MR) is 147 cm³/mol. The number of allylic oxidation sites excluding steroid dienone is 1. The summed E-state index contributed by atoms with van der Waals surface area (Å²) in [6, 6.07) is 17.6. The number of carbonyl (C=O) groups is 2. The van der Waals surface area contributed by atoms with Gasteiger partial charge in [-0.3, -0.25) is 9.36 Å². The van der Waals surface area contributed by atoms with E-state index in [0.29, 0.717) is 44.1 Å². The predicted octanol–water partition coefficient (Wildman–Crippen LogP) is 4.15. The molecule has 1 aliphatic rings. The van der Waals surface area contributed by atoms with Crippen molar-refractivity contribution < 1.29 is 23.5 Å². The summed E-state index contributed by atoms with van der Waals surface area (Å²) in [7, 11) is 2.67. The summed E-state index contributed by atoms with van der Waals surface area (Å²) in [6.45, 7) is 3.75. The van der Waals surface area contributed by atoms with Crippen molar-refractivity contribution in [2.75, 3.05) is 14.2 Å². The maximum absolute atomic E-state index is 13.8. The number of aromatic nitrogens is 1. The lowest BCUT2D eigenvalue weighted by molar-refractivity contribution is -0.136. The van der Waals surface area contributed by atoms with E-state index in [4.69, 9.17) is 13.9 Å². The summed E-state index contributed by atoms with van der Waals surface area (Å²) in [4.78, 5) is 43.9. The fourth-order valence-corrected chi connectivity index (χ4v) is 5.75. The Bertz CT molecular complexity index is 1790. The number of thiazole rings is 1. The Morgan fingerprint density at radius 1 is 1.03 bits per heavy atom. The van der Waals surface area contributed by atoms with Crippen molar-refractivity contribution in [3.05, 3.63) is 114 Å². The fraction of sp³-hybridized carbons (Fsp3) is 0.200. The largest absolute Gasteiger partial charge is 0.466 e. The summed E-state index contributed by atoms with van der Waals surface area (Å²) in [5, 5.41) is 0. The molecule has 2 aromatic carbocycles.